The monoisotopic (exact) mass is 362 g/mol. The van der Waals surface area contributed by atoms with Crippen LogP contribution in [0.25, 0.3) is 0 Å². The van der Waals surface area contributed by atoms with E-state index in [2.05, 4.69) is 0 Å². The quantitative estimate of drug-likeness (QED) is 0.507. The normalized spacial score (nSPS) is 20.8. The van der Waals surface area contributed by atoms with Gasteiger partial charge in [0.1, 0.15) is 6.04 Å². The number of rotatable bonds is 7. The summed E-state index contributed by atoms with van der Waals surface area (Å²) in [4.78, 5) is 38.3. The van der Waals surface area contributed by atoms with Gasteiger partial charge in [-0.2, -0.15) is 0 Å². The van der Waals surface area contributed by atoms with Crippen LogP contribution in [-0.2, 0) is 20.8 Å². The number of amides is 2. The molecule has 0 aliphatic heterocycles. The van der Waals surface area contributed by atoms with Gasteiger partial charge in [0.15, 0.2) is 0 Å². The van der Waals surface area contributed by atoms with Crippen LogP contribution in [0.1, 0.15) is 38.2 Å². The SMILES string of the molecule is CCN(C(=O)C1CCCCC1C(=O)O)C(Cc1ccccc1)C(=O)NO. The van der Waals surface area contributed by atoms with Crippen molar-refractivity contribution in [3.8, 4) is 0 Å². The zero-order chi connectivity index (χ0) is 19.1. The highest BCUT2D eigenvalue weighted by molar-refractivity contribution is 5.90. The van der Waals surface area contributed by atoms with Crippen LogP contribution in [0.15, 0.2) is 30.3 Å². The molecule has 0 heterocycles. The molecule has 142 valence electrons. The summed E-state index contributed by atoms with van der Waals surface area (Å²) in [7, 11) is 0. The minimum atomic E-state index is -0.967. The van der Waals surface area contributed by atoms with Crippen LogP contribution >= 0.6 is 0 Å². The number of benzene rings is 1. The molecule has 0 saturated heterocycles. The van der Waals surface area contributed by atoms with E-state index in [0.29, 0.717) is 12.8 Å². The third-order valence-electron chi connectivity index (χ3n) is 5.09. The molecule has 1 aromatic rings. The van der Waals surface area contributed by atoms with Crippen LogP contribution in [0.2, 0.25) is 0 Å². The number of carboxylic acids is 1. The highest BCUT2D eigenvalue weighted by atomic mass is 16.5. The van der Waals surface area contributed by atoms with E-state index in [1.807, 2.05) is 30.3 Å². The molecule has 3 N–H and O–H groups in total. The Bertz CT molecular complexity index is 634. The van der Waals surface area contributed by atoms with Gasteiger partial charge in [0, 0.05) is 13.0 Å². The molecule has 3 atom stereocenters. The van der Waals surface area contributed by atoms with Crippen molar-refractivity contribution in [3.05, 3.63) is 35.9 Å². The molecule has 1 aliphatic rings. The number of aliphatic carboxylic acids is 1. The first-order chi connectivity index (χ1) is 12.5. The van der Waals surface area contributed by atoms with Crippen molar-refractivity contribution in [2.75, 3.05) is 6.54 Å². The Morgan fingerprint density at radius 2 is 1.77 bits per heavy atom. The number of nitrogens with zero attached hydrogens (tertiary/aromatic N) is 1. The number of carbonyl (C=O) groups is 3. The van der Waals surface area contributed by atoms with E-state index in [1.165, 1.54) is 4.90 Å². The number of hydrogen-bond acceptors (Lipinski definition) is 4. The van der Waals surface area contributed by atoms with Crippen molar-refractivity contribution in [2.45, 2.75) is 45.1 Å². The van der Waals surface area contributed by atoms with Crippen LogP contribution in [0.3, 0.4) is 0 Å². The Balaban J connectivity index is 2.26. The number of carboxylic acid groups (broad SMARTS) is 1. The van der Waals surface area contributed by atoms with Crippen LogP contribution in [0.4, 0.5) is 0 Å². The second-order valence-corrected chi connectivity index (χ2v) is 6.64. The first kappa shape index (κ1) is 19.9. The van der Waals surface area contributed by atoms with E-state index >= 15 is 0 Å². The summed E-state index contributed by atoms with van der Waals surface area (Å²) in [6.45, 7) is 2.01. The number of hydroxylamine groups is 1. The fourth-order valence-corrected chi connectivity index (χ4v) is 3.72. The van der Waals surface area contributed by atoms with E-state index in [1.54, 1.807) is 12.4 Å². The van der Waals surface area contributed by atoms with Crippen LogP contribution < -0.4 is 5.48 Å². The Kier molecular flexibility index (Phi) is 7.15. The maximum absolute atomic E-state index is 13.1. The number of hydrogen-bond donors (Lipinski definition) is 3. The minimum absolute atomic E-state index is 0.247. The fraction of sp³-hybridized carbons (Fsp3) is 0.526. The molecule has 3 unspecified atom stereocenters. The zero-order valence-electron chi connectivity index (χ0n) is 14.9. The molecule has 26 heavy (non-hydrogen) atoms. The predicted octanol–water partition coefficient (Wildman–Crippen LogP) is 1.84. The third-order valence-corrected chi connectivity index (χ3v) is 5.09. The Labute approximate surface area is 153 Å². The van der Waals surface area contributed by atoms with Crippen molar-refractivity contribution < 1.29 is 24.7 Å². The van der Waals surface area contributed by atoms with E-state index in [0.717, 1.165) is 18.4 Å². The lowest BCUT2D eigenvalue weighted by molar-refractivity contribution is -0.155. The number of carbonyl (C=O) groups excluding carboxylic acids is 2. The van der Waals surface area contributed by atoms with Crippen molar-refractivity contribution in [3.63, 3.8) is 0 Å². The predicted molar refractivity (Wildman–Crippen MR) is 94.3 cm³/mol. The Morgan fingerprint density at radius 3 is 2.31 bits per heavy atom. The van der Waals surface area contributed by atoms with Gasteiger partial charge in [0.25, 0.3) is 5.91 Å². The highest BCUT2D eigenvalue weighted by Crippen LogP contribution is 2.32. The standard InChI is InChI=1S/C19H26N2O5/c1-2-21(18(23)14-10-6-7-11-15(14)19(24)25)16(17(22)20-26)12-13-8-4-3-5-9-13/h3-5,8-9,14-16,26H,2,6-7,10-12H2,1H3,(H,20,22)(H,24,25). The maximum Gasteiger partial charge on any atom is 0.307 e. The van der Waals surface area contributed by atoms with Gasteiger partial charge in [-0.3, -0.25) is 19.6 Å². The van der Waals surface area contributed by atoms with Crippen molar-refractivity contribution in [1.82, 2.24) is 10.4 Å². The largest absolute Gasteiger partial charge is 0.481 e. The minimum Gasteiger partial charge on any atom is -0.481 e. The van der Waals surface area contributed by atoms with Gasteiger partial charge in [-0.1, -0.05) is 43.2 Å². The summed E-state index contributed by atoms with van der Waals surface area (Å²) in [6.07, 6.45) is 2.81. The zero-order valence-corrected chi connectivity index (χ0v) is 14.9. The van der Waals surface area contributed by atoms with Gasteiger partial charge in [0.05, 0.1) is 11.8 Å². The molecule has 0 bridgehead atoms. The van der Waals surface area contributed by atoms with Gasteiger partial charge in [-0.05, 0) is 25.3 Å². The smallest absolute Gasteiger partial charge is 0.307 e. The summed E-state index contributed by atoms with van der Waals surface area (Å²) in [6, 6.07) is 8.32. The molecule has 7 nitrogen and oxygen atoms in total. The molecule has 1 aromatic carbocycles. The van der Waals surface area contributed by atoms with Crippen molar-refractivity contribution >= 4 is 17.8 Å². The molecular weight excluding hydrogens is 336 g/mol. The summed E-state index contributed by atoms with van der Waals surface area (Å²) < 4.78 is 0. The second-order valence-electron chi connectivity index (χ2n) is 6.64. The average molecular weight is 362 g/mol. The Morgan fingerprint density at radius 1 is 1.15 bits per heavy atom. The van der Waals surface area contributed by atoms with E-state index < -0.39 is 29.8 Å². The van der Waals surface area contributed by atoms with Gasteiger partial charge in [-0.15, -0.1) is 0 Å². The lowest BCUT2D eigenvalue weighted by Gasteiger charge is -2.36. The molecule has 2 rings (SSSR count). The molecule has 0 aromatic heterocycles. The summed E-state index contributed by atoms with van der Waals surface area (Å²) >= 11 is 0. The van der Waals surface area contributed by atoms with E-state index in [9.17, 15) is 19.5 Å². The van der Waals surface area contributed by atoms with Crippen LogP contribution in [-0.4, -0.2) is 45.6 Å². The van der Waals surface area contributed by atoms with Crippen molar-refractivity contribution in [1.29, 1.82) is 0 Å². The van der Waals surface area contributed by atoms with Crippen molar-refractivity contribution in [2.24, 2.45) is 11.8 Å². The topological polar surface area (TPSA) is 107 Å². The van der Waals surface area contributed by atoms with E-state index in [-0.39, 0.29) is 18.9 Å². The van der Waals surface area contributed by atoms with Gasteiger partial charge < -0.3 is 10.0 Å². The average Bonchev–Trinajstić information content (AvgIpc) is 2.67. The summed E-state index contributed by atoms with van der Waals surface area (Å²) in [5.41, 5.74) is 2.50. The molecule has 2 amide bonds. The lowest BCUT2D eigenvalue weighted by atomic mass is 9.78. The number of likely N-dealkylation sites (N-methyl/N-ethyl adjacent to an activating group) is 1. The Hall–Kier alpha value is -2.41. The number of nitrogens with one attached hydrogen (secondary N) is 1. The fourth-order valence-electron chi connectivity index (χ4n) is 3.72. The molecule has 0 radical (unpaired) electrons. The summed E-state index contributed by atoms with van der Waals surface area (Å²) in [5, 5.41) is 18.6. The van der Waals surface area contributed by atoms with Gasteiger partial charge in [-0.25, -0.2) is 5.48 Å². The van der Waals surface area contributed by atoms with Crippen LogP contribution in [0, 0.1) is 11.8 Å². The summed E-state index contributed by atoms with van der Waals surface area (Å²) in [5.74, 6) is -3.33. The molecule has 0 spiro atoms. The first-order valence-electron chi connectivity index (χ1n) is 9.00. The van der Waals surface area contributed by atoms with E-state index in [4.69, 9.17) is 5.21 Å². The highest BCUT2D eigenvalue weighted by Gasteiger charge is 2.40. The maximum atomic E-state index is 13.1. The molecule has 1 fully saturated rings. The molecular formula is C19H26N2O5. The van der Waals surface area contributed by atoms with Crippen LogP contribution in [0.5, 0.6) is 0 Å². The second kappa shape index (κ2) is 9.33. The van der Waals surface area contributed by atoms with Gasteiger partial charge in [0.2, 0.25) is 5.91 Å². The lowest BCUT2D eigenvalue weighted by Crippen LogP contribution is -2.53. The van der Waals surface area contributed by atoms with Gasteiger partial charge >= 0.3 is 5.97 Å². The molecule has 1 aliphatic carbocycles. The molecule has 1 saturated carbocycles. The third kappa shape index (κ3) is 4.60. The molecule has 7 heteroatoms. The first-order valence-corrected chi connectivity index (χ1v) is 9.00.